The van der Waals surface area contributed by atoms with Crippen LogP contribution in [0.15, 0.2) is 62.3 Å². The van der Waals surface area contributed by atoms with Gasteiger partial charge in [0.05, 0.1) is 6.61 Å². The Bertz CT molecular complexity index is 897. The Morgan fingerprint density at radius 3 is 2.33 bits per heavy atom. The van der Waals surface area contributed by atoms with Crippen molar-refractivity contribution in [2.24, 2.45) is 5.16 Å². The van der Waals surface area contributed by atoms with Gasteiger partial charge in [-0.1, -0.05) is 30.8 Å². The van der Waals surface area contributed by atoms with E-state index in [0.717, 1.165) is 14.7 Å². The minimum absolute atomic E-state index is 0.0233. The zero-order valence-corrected chi connectivity index (χ0v) is 18.8. The van der Waals surface area contributed by atoms with Crippen LogP contribution >= 0.6 is 23.5 Å². The monoisotopic (exact) mass is 447 g/mol. The summed E-state index contributed by atoms with van der Waals surface area (Å²) in [5.41, 5.74) is 0.749. The third-order valence-corrected chi connectivity index (χ3v) is 5.76. The van der Waals surface area contributed by atoms with E-state index < -0.39 is 5.97 Å². The number of rotatable bonds is 11. The number of benzene rings is 2. The average molecular weight is 448 g/mol. The molecule has 0 radical (unpaired) electrons. The lowest BCUT2D eigenvalue weighted by Crippen LogP contribution is -2.16. The molecule has 0 fully saturated rings. The Morgan fingerprint density at radius 1 is 1.03 bits per heavy atom. The highest BCUT2D eigenvalue weighted by Gasteiger charge is 2.18. The summed E-state index contributed by atoms with van der Waals surface area (Å²) in [5.74, 6) is -0.0136. The van der Waals surface area contributed by atoms with E-state index in [0.29, 0.717) is 17.7 Å². The summed E-state index contributed by atoms with van der Waals surface area (Å²) in [5, 5.41) is 12.6. The van der Waals surface area contributed by atoms with E-state index in [2.05, 4.69) is 5.16 Å². The summed E-state index contributed by atoms with van der Waals surface area (Å²) in [6.45, 7) is 3.71. The Morgan fingerprint density at radius 2 is 1.73 bits per heavy atom. The Kier molecular flexibility index (Phi) is 9.93. The first-order valence-electron chi connectivity index (χ1n) is 9.53. The van der Waals surface area contributed by atoms with Gasteiger partial charge in [-0.3, -0.25) is 4.79 Å². The van der Waals surface area contributed by atoms with Gasteiger partial charge in [0.15, 0.2) is 0 Å². The molecular formula is C22H25NO5S2. The average Bonchev–Trinajstić information content (AvgIpc) is 2.78. The predicted molar refractivity (Wildman–Crippen MR) is 120 cm³/mol. The van der Waals surface area contributed by atoms with Gasteiger partial charge in [0, 0.05) is 26.7 Å². The number of Topliss-reactive ketones (excluding diaryl/α,β-unsaturated/α-hetero) is 1. The zero-order chi connectivity index (χ0) is 21.9. The topological polar surface area (TPSA) is 85.2 Å². The van der Waals surface area contributed by atoms with Crippen LogP contribution in [-0.4, -0.2) is 42.0 Å². The molecule has 2 aromatic rings. The summed E-state index contributed by atoms with van der Waals surface area (Å²) in [4.78, 5) is 31.9. The van der Waals surface area contributed by atoms with Crippen molar-refractivity contribution in [3.63, 3.8) is 0 Å². The van der Waals surface area contributed by atoms with Gasteiger partial charge in [0.1, 0.15) is 18.1 Å². The number of hydrogen-bond acceptors (Lipinski definition) is 8. The van der Waals surface area contributed by atoms with Crippen LogP contribution in [0.5, 0.6) is 5.75 Å². The molecule has 0 heterocycles. The number of nitrogens with zero attached hydrogens (tertiary/aromatic N) is 1. The maximum absolute atomic E-state index is 12.9. The normalized spacial score (nSPS) is 11.3. The van der Waals surface area contributed by atoms with E-state index >= 15 is 0 Å². The minimum atomic E-state index is -0.474. The Labute approximate surface area is 185 Å². The van der Waals surface area contributed by atoms with Crippen molar-refractivity contribution >= 4 is 41.0 Å². The molecular weight excluding hydrogens is 422 g/mol. The van der Waals surface area contributed by atoms with Crippen LogP contribution in [0.1, 0.15) is 37.0 Å². The number of ether oxygens (including phenoxy) is 1. The molecule has 0 saturated carbocycles. The molecule has 0 spiro atoms. The molecule has 0 aliphatic heterocycles. The minimum Gasteiger partial charge on any atom is -0.491 e. The maximum Gasteiger partial charge on any atom is 0.334 e. The molecule has 6 nitrogen and oxygen atoms in total. The Hall–Kier alpha value is -2.29. The number of hydrogen-bond donors (Lipinski definition) is 1. The highest BCUT2D eigenvalue weighted by Crippen LogP contribution is 2.33. The number of aliphatic hydroxyl groups is 1. The first kappa shape index (κ1) is 24.0. The molecule has 0 amide bonds. The second-order valence-corrected chi connectivity index (χ2v) is 8.04. The SMILES string of the molecule is CCC(=O)O/N=C(\CC)C(=O)c1ccc(Sc2ccc(OCCO)cc2)cc1SC. The number of aliphatic hydroxyl groups excluding tert-OH is 1. The number of carbonyl (C=O) groups is 2. The number of ketones is 1. The summed E-state index contributed by atoms with van der Waals surface area (Å²) >= 11 is 3.05. The first-order valence-corrected chi connectivity index (χ1v) is 11.6. The second kappa shape index (κ2) is 12.4. The van der Waals surface area contributed by atoms with Crippen molar-refractivity contribution in [2.75, 3.05) is 19.5 Å². The van der Waals surface area contributed by atoms with Crippen LogP contribution in [-0.2, 0) is 9.63 Å². The molecule has 0 aliphatic carbocycles. The molecule has 2 aromatic carbocycles. The predicted octanol–water partition coefficient (Wildman–Crippen LogP) is 4.83. The van der Waals surface area contributed by atoms with E-state index in [1.807, 2.05) is 42.7 Å². The summed E-state index contributed by atoms with van der Waals surface area (Å²) < 4.78 is 5.37. The van der Waals surface area contributed by atoms with Crippen molar-refractivity contribution < 1.29 is 24.3 Å². The van der Waals surface area contributed by atoms with Gasteiger partial charge in [-0.2, -0.15) is 0 Å². The van der Waals surface area contributed by atoms with E-state index in [4.69, 9.17) is 14.7 Å². The van der Waals surface area contributed by atoms with Crippen molar-refractivity contribution in [1.82, 2.24) is 0 Å². The van der Waals surface area contributed by atoms with Crippen molar-refractivity contribution in [2.45, 2.75) is 41.4 Å². The summed E-state index contributed by atoms with van der Waals surface area (Å²) in [6, 6.07) is 13.2. The van der Waals surface area contributed by atoms with E-state index in [-0.39, 0.29) is 31.1 Å². The van der Waals surface area contributed by atoms with Crippen LogP contribution in [0.25, 0.3) is 0 Å². The van der Waals surface area contributed by atoms with Crippen LogP contribution in [0.2, 0.25) is 0 Å². The smallest absolute Gasteiger partial charge is 0.334 e. The van der Waals surface area contributed by atoms with E-state index in [9.17, 15) is 9.59 Å². The largest absolute Gasteiger partial charge is 0.491 e. The van der Waals surface area contributed by atoms with Gasteiger partial charge in [0.25, 0.3) is 0 Å². The molecule has 0 aliphatic rings. The van der Waals surface area contributed by atoms with Gasteiger partial charge in [-0.25, -0.2) is 4.79 Å². The number of oxime groups is 1. The molecule has 8 heteroatoms. The highest BCUT2D eigenvalue weighted by molar-refractivity contribution is 7.99. The standard InChI is InChI=1S/C22H25NO5S2/c1-4-19(23-28-21(25)5-2)22(26)18-11-10-17(14-20(18)29-3)30-16-8-6-15(7-9-16)27-13-12-24/h6-11,14,24H,4-5,12-13H2,1-3H3/b23-19+. The van der Waals surface area contributed by atoms with E-state index in [1.54, 1.807) is 31.7 Å². The maximum atomic E-state index is 12.9. The lowest BCUT2D eigenvalue weighted by atomic mass is 10.1. The van der Waals surface area contributed by atoms with Crippen LogP contribution in [0, 0.1) is 0 Å². The van der Waals surface area contributed by atoms with Crippen LogP contribution < -0.4 is 4.74 Å². The van der Waals surface area contributed by atoms with Gasteiger partial charge < -0.3 is 14.7 Å². The first-order chi connectivity index (χ1) is 14.5. The van der Waals surface area contributed by atoms with Gasteiger partial charge in [0.2, 0.25) is 5.78 Å². The lowest BCUT2D eigenvalue weighted by molar-refractivity contribution is -0.143. The Balaban J connectivity index is 2.17. The number of carbonyl (C=O) groups excluding carboxylic acids is 2. The lowest BCUT2D eigenvalue weighted by Gasteiger charge is -2.10. The fourth-order valence-electron chi connectivity index (χ4n) is 2.42. The fraction of sp³-hybridized carbons (Fsp3) is 0.318. The summed E-state index contributed by atoms with van der Waals surface area (Å²) in [6.07, 6.45) is 2.48. The van der Waals surface area contributed by atoms with Crippen molar-refractivity contribution in [3.8, 4) is 5.75 Å². The molecule has 0 atom stereocenters. The summed E-state index contributed by atoms with van der Waals surface area (Å²) in [7, 11) is 0. The third-order valence-electron chi connectivity index (χ3n) is 3.98. The van der Waals surface area contributed by atoms with Crippen molar-refractivity contribution in [3.05, 3.63) is 48.0 Å². The molecule has 160 valence electrons. The highest BCUT2D eigenvalue weighted by atomic mass is 32.2. The van der Waals surface area contributed by atoms with E-state index in [1.165, 1.54) is 11.8 Å². The molecule has 2 rings (SSSR count). The molecule has 0 aromatic heterocycles. The molecule has 0 saturated heterocycles. The zero-order valence-electron chi connectivity index (χ0n) is 17.2. The van der Waals surface area contributed by atoms with Gasteiger partial charge >= 0.3 is 5.97 Å². The van der Waals surface area contributed by atoms with Crippen LogP contribution in [0.4, 0.5) is 0 Å². The quantitative estimate of drug-likeness (QED) is 0.174. The fourth-order valence-corrected chi connectivity index (χ4v) is 3.98. The van der Waals surface area contributed by atoms with Gasteiger partial charge in [-0.05, 0) is 55.1 Å². The molecule has 1 N–H and O–H groups in total. The number of thioether (sulfide) groups is 1. The molecule has 30 heavy (non-hydrogen) atoms. The van der Waals surface area contributed by atoms with Crippen LogP contribution in [0.3, 0.4) is 0 Å². The molecule has 0 bridgehead atoms. The second-order valence-electron chi connectivity index (χ2n) is 6.05. The molecule has 0 unspecified atom stereocenters. The van der Waals surface area contributed by atoms with Crippen molar-refractivity contribution in [1.29, 1.82) is 0 Å². The van der Waals surface area contributed by atoms with Gasteiger partial charge in [-0.15, -0.1) is 11.8 Å². The third kappa shape index (κ3) is 6.90.